The van der Waals surface area contributed by atoms with E-state index in [0.29, 0.717) is 27.8 Å². The molecular weight excluding hydrogens is 460 g/mol. The fourth-order valence-corrected chi connectivity index (χ4v) is 4.16. The zero-order valence-electron chi connectivity index (χ0n) is 20.2. The van der Waals surface area contributed by atoms with Crippen LogP contribution < -0.4 is 4.90 Å². The number of fused-ring (bicyclic) bond motifs is 1. The number of carbonyl (C=O) groups is 3. The Kier molecular flexibility index (Phi) is 6.69. The van der Waals surface area contributed by atoms with Crippen molar-refractivity contribution in [3.8, 4) is 11.3 Å². The lowest BCUT2D eigenvalue weighted by molar-refractivity contribution is -0.139. The fourth-order valence-electron chi connectivity index (χ4n) is 4.16. The van der Waals surface area contributed by atoms with E-state index in [1.807, 2.05) is 26.0 Å². The van der Waals surface area contributed by atoms with E-state index in [1.54, 1.807) is 48.7 Å². The van der Waals surface area contributed by atoms with Gasteiger partial charge in [-0.05, 0) is 55.8 Å². The van der Waals surface area contributed by atoms with Gasteiger partial charge < -0.3 is 19.5 Å². The summed E-state index contributed by atoms with van der Waals surface area (Å²) in [6, 6.07) is 12.4. The van der Waals surface area contributed by atoms with E-state index in [9.17, 15) is 19.5 Å². The Labute approximate surface area is 207 Å². The standard InChI is InChI=1S/C28H24N2O6/c1-16-13-17(2)24-21(14-16)22(26(31)32)15-23(29-24)18-8-10-19(11-9-18)30-12-6-5-7-20(27(33)35-3)25(30)28(34)36-4/h5-15H,1-4H3,(H,31,32). The summed E-state index contributed by atoms with van der Waals surface area (Å²) in [5, 5.41) is 10.4. The number of methoxy groups -OCH3 is 2. The smallest absolute Gasteiger partial charge is 0.355 e. The first-order chi connectivity index (χ1) is 17.2. The van der Waals surface area contributed by atoms with E-state index in [2.05, 4.69) is 0 Å². The number of anilines is 1. The number of aromatic carboxylic acids is 1. The number of carbonyl (C=O) groups excluding carboxylic acids is 2. The maximum atomic E-state index is 12.6. The third kappa shape index (κ3) is 4.48. The Morgan fingerprint density at radius 2 is 1.61 bits per heavy atom. The Morgan fingerprint density at radius 1 is 0.917 bits per heavy atom. The highest BCUT2D eigenvalue weighted by atomic mass is 16.5. The summed E-state index contributed by atoms with van der Waals surface area (Å²) in [5.74, 6) is -2.41. The van der Waals surface area contributed by atoms with E-state index in [0.717, 1.165) is 11.1 Å². The van der Waals surface area contributed by atoms with Crippen LogP contribution in [0, 0.1) is 13.8 Å². The number of nitrogens with zero attached hydrogens (tertiary/aromatic N) is 2. The van der Waals surface area contributed by atoms with Crippen LogP contribution in [0.25, 0.3) is 22.2 Å². The van der Waals surface area contributed by atoms with E-state index in [4.69, 9.17) is 14.5 Å². The van der Waals surface area contributed by atoms with Crippen molar-refractivity contribution in [2.24, 2.45) is 0 Å². The molecule has 1 aliphatic heterocycles. The summed E-state index contributed by atoms with van der Waals surface area (Å²) in [7, 11) is 2.47. The molecule has 8 heteroatoms. The molecule has 2 aromatic carbocycles. The van der Waals surface area contributed by atoms with Gasteiger partial charge >= 0.3 is 17.9 Å². The molecule has 0 saturated heterocycles. The SMILES string of the molecule is COC(=O)C1=C(C(=O)OC)N(c2ccc(-c3cc(C(=O)O)c4cc(C)cc(C)c4n3)cc2)C=CC=C1. The van der Waals surface area contributed by atoms with Crippen LogP contribution in [-0.4, -0.2) is 42.2 Å². The molecule has 0 saturated carbocycles. The monoisotopic (exact) mass is 484 g/mol. The number of esters is 2. The maximum Gasteiger partial charge on any atom is 0.355 e. The van der Waals surface area contributed by atoms with Gasteiger partial charge in [0.2, 0.25) is 0 Å². The number of rotatable bonds is 5. The number of pyridine rings is 1. The van der Waals surface area contributed by atoms with Gasteiger partial charge in [0.1, 0.15) is 5.70 Å². The second-order valence-electron chi connectivity index (χ2n) is 8.20. The van der Waals surface area contributed by atoms with Crippen LogP contribution in [0.3, 0.4) is 0 Å². The predicted octanol–water partition coefficient (Wildman–Crippen LogP) is 4.71. The van der Waals surface area contributed by atoms with Crippen LogP contribution in [-0.2, 0) is 19.1 Å². The van der Waals surface area contributed by atoms with Crippen molar-refractivity contribution >= 4 is 34.5 Å². The average Bonchev–Trinajstić information content (AvgIpc) is 3.10. The lowest BCUT2D eigenvalue weighted by Crippen LogP contribution is -2.26. The number of hydrogen-bond donors (Lipinski definition) is 1. The second-order valence-corrected chi connectivity index (χ2v) is 8.20. The summed E-state index contributed by atoms with van der Waals surface area (Å²) in [5.41, 5.74) is 4.47. The number of benzene rings is 2. The topological polar surface area (TPSA) is 106 Å². The minimum Gasteiger partial charge on any atom is -0.478 e. The molecule has 36 heavy (non-hydrogen) atoms. The summed E-state index contributed by atoms with van der Waals surface area (Å²) in [6.07, 6.45) is 6.43. The minimum absolute atomic E-state index is 0.00471. The van der Waals surface area contributed by atoms with Gasteiger partial charge in [0, 0.05) is 22.8 Å². The van der Waals surface area contributed by atoms with Gasteiger partial charge in [0.25, 0.3) is 0 Å². The van der Waals surface area contributed by atoms with Crippen molar-refractivity contribution < 1.29 is 29.0 Å². The Bertz CT molecular complexity index is 1480. The highest BCUT2D eigenvalue weighted by Crippen LogP contribution is 2.31. The minimum atomic E-state index is -1.03. The fraction of sp³-hybridized carbons (Fsp3) is 0.143. The van der Waals surface area contributed by atoms with Gasteiger partial charge in [-0.15, -0.1) is 0 Å². The summed E-state index contributed by atoms with van der Waals surface area (Å²) >= 11 is 0. The van der Waals surface area contributed by atoms with Crippen molar-refractivity contribution in [3.63, 3.8) is 0 Å². The van der Waals surface area contributed by atoms with Crippen LogP contribution >= 0.6 is 0 Å². The lowest BCUT2D eigenvalue weighted by Gasteiger charge is -2.23. The molecular formula is C28H24N2O6. The molecule has 0 unspecified atom stereocenters. The number of aromatic nitrogens is 1. The third-order valence-electron chi connectivity index (χ3n) is 5.81. The van der Waals surface area contributed by atoms with E-state index in [1.165, 1.54) is 25.2 Å². The zero-order chi connectivity index (χ0) is 26.0. The highest BCUT2D eigenvalue weighted by molar-refractivity contribution is 6.06. The second kappa shape index (κ2) is 9.87. The maximum absolute atomic E-state index is 12.6. The summed E-state index contributed by atoms with van der Waals surface area (Å²) in [4.78, 5) is 43.3. The van der Waals surface area contributed by atoms with Gasteiger partial charge in [-0.25, -0.2) is 19.4 Å². The quantitative estimate of drug-likeness (QED) is 0.519. The van der Waals surface area contributed by atoms with Crippen molar-refractivity contribution in [2.75, 3.05) is 19.1 Å². The average molecular weight is 485 g/mol. The van der Waals surface area contributed by atoms with Gasteiger partial charge in [-0.1, -0.05) is 29.8 Å². The first-order valence-corrected chi connectivity index (χ1v) is 11.1. The van der Waals surface area contributed by atoms with Crippen LogP contribution in [0.1, 0.15) is 21.5 Å². The zero-order valence-corrected chi connectivity index (χ0v) is 20.2. The number of ether oxygens (including phenoxy) is 2. The molecule has 8 nitrogen and oxygen atoms in total. The number of hydrogen-bond acceptors (Lipinski definition) is 7. The van der Waals surface area contributed by atoms with Crippen molar-refractivity contribution in [1.82, 2.24) is 4.98 Å². The van der Waals surface area contributed by atoms with Crippen LogP contribution in [0.4, 0.5) is 5.69 Å². The summed E-state index contributed by atoms with van der Waals surface area (Å²) < 4.78 is 9.78. The van der Waals surface area contributed by atoms with Crippen molar-refractivity contribution in [3.05, 3.63) is 94.9 Å². The molecule has 0 bridgehead atoms. The molecule has 0 amide bonds. The Morgan fingerprint density at radius 3 is 2.25 bits per heavy atom. The van der Waals surface area contributed by atoms with Crippen LogP contribution in [0.2, 0.25) is 0 Å². The molecule has 1 aromatic heterocycles. The van der Waals surface area contributed by atoms with Gasteiger partial charge in [0.15, 0.2) is 0 Å². The molecule has 0 spiro atoms. The Hall–Kier alpha value is -4.72. The number of allylic oxidation sites excluding steroid dienone is 2. The van der Waals surface area contributed by atoms with Gasteiger partial charge in [-0.2, -0.15) is 0 Å². The predicted molar refractivity (Wildman–Crippen MR) is 135 cm³/mol. The largest absolute Gasteiger partial charge is 0.478 e. The first-order valence-electron chi connectivity index (χ1n) is 11.1. The number of carboxylic acids is 1. The van der Waals surface area contributed by atoms with E-state index in [-0.39, 0.29) is 16.8 Å². The number of aryl methyl sites for hydroxylation is 2. The molecule has 4 rings (SSSR count). The molecule has 3 aromatic rings. The normalized spacial score (nSPS) is 13.1. The molecule has 1 N–H and O–H groups in total. The molecule has 1 aliphatic rings. The first kappa shape index (κ1) is 24.4. The van der Waals surface area contributed by atoms with Crippen LogP contribution in [0.15, 0.2) is 78.2 Å². The lowest BCUT2D eigenvalue weighted by atomic mass is 9.99. The highest BCUT2D eigenvalue weighted by Gasteiger charge is 2.27. The van der Waals surface area contributed by atoms with Crippen LogP contribution in [0.5, 0.6) is 0 Å². The number of carboxylic acid groups (broad SMARTS) is 1. The van der Waals surface area contributed by atoms with Crippen molar-refractivity contribution in [1.29, 1.82) is 0 Å². The van der Waals surface area contributed by atoms with Crippen molar-refractivity contribution in [2.45, 2.75) is 13.8 Å². The molecule has 0 radical (unpaired) electrons. The molecule has 182 valence electrons. The molecule has 0 fully saturated rings. The van der Waals surface area contributed by atoms with Gasteiger partial charge in [-0.3, -0.25) is 0 Å². The van der Waals surface area contributed by atoms with E-state index < -0.39 is 17.9 Å². The van der Waals surface area contributed by atoms with Gasteiger partial charge in [0.05, 0.1) is 36.6 Å². The van der Waals surface area contributed by atoms with E-state index >= 15 is 0 Å². The summed E-state index contributed by atoms with van der Waals surface area (Å²) in [6.45, 7) is 3.82. The molecule has 2 heterocycles. The molecule has 0 aliphatic carbocycles. The Balaban J connectivity index is 1.82. The third-order valence-corrected chi connectivity index (χ3v) is 5.81. The molecule has 0 atom stereocenters.